The SMILES string of the molecule is CCCS(=O)(=O)N1CCC(N(C(=O)Nc2ncc(Cl)s2)[C@H]2CC[C@H](C)CC2)CC1. The van der Waals surface area contributed by atoms with Gasteiger partial charge in [-0.05, 0) is 50.9 Å². The summed E-state index contributed by atoms with van der Waals surface area (Å²) in [5.74, 6) is 0.877. The van der Waals surface area contributed by atoms with Crippen molar-refractivity contribution in [2.75, 3.05) is 24.2 Å². The number of thiazole rings is 1. The van der Waals surface area contributed by atoms with Crippen molar-refractivity contribution in [3.05, 3.63) is 10.5 Å². The minimum absolute atomic E-state index is 0.0388. The fourth-order valence-electron chi connectivity index (χ4n) is 4.40. The van der Waals surface area contributed by atoms with E-state index in [9.17, 15) is 13.2 Å². The van der Waals surface area contributed by atoms with Crippen LogP contribution in [0.4, 0.5) is 9.93 Å². The van der Waals surface area contributed by atoms with Crippen molar-refractivity contribution in [2.24, 2.45) is 5.92 Å². The van der Waals surface area contributed by atoms with Crippen LogP contribution in [0, 0.1) is 5.92 Å². The minimum atomic E-state index is -3.19. The van der Waals surface area contributed by atoms with Crippen LogP contribution in [0.5, 0.6) is 0 Å². The van der Waals surface area contributed by atoms with Gasteiger partial charge in [-0.2, -0.15) is 0 Å². The van der Waals surface area contributed by atoms with E-state index in [1.165, 1.54) is 17.5 Å². The summed E-state index contributed by atoms with van der Waals surface area (Å²) in [7, 11) is -3.19. The minimum Gasteiger partial charge on any atom is -0.318 e. The molecule has 1 aliphatic heterocycles. The Hall–Kier alpha value is -0.900. The molecule has 0 spiro atoms. The van der Waals surface area contributed by atoms with Gasteiger partial charge in [0, 0.05) is 25.2 Å². The number of rotatable bonds is 6. The maximum Gasteiger partial charge on any atom is 0.324 e. The molecule has 10 heteroatoms. The zero-order valence-electron chi connectivity index (χ0n) is 17.1. The third-order valence-electron chi connectivity index (χ3n) is 5.98. The Morgan fingerprint density at radius 2 is 1.86 bits per heavy atom. The Balaban J connectivity index is 1.70. The van der Waals surface area contributed by atoms with Gasteiger partial charge in [0.1, 0.15) is 4.34 Å². The van der Waals surface area contributed by atoms with Crippen LogP contribution in [0.3, 0.4) is 0 Å². The lowest BCUT2D eigenvalue weighted by Gasteiger charge is -2.43. The summed E-state index contributed by atoms with van der Waals surface area (Å²) >= 11 is 7.19. The average molecular weight is 463 g/mol. The Morgan fingerprint density at radius 3 is 2.41 bits per heavy atom. The highest BCUT2D eigenvalue weighted by Crippen LogP contribution is 2.32. The molecule has 0 unspecified atom stereocenters. The molecule has 1 aromatic rings. The van der Waals surface area contributed by atoms with E-state index < -0.39 is 10.0 Å². The van der Waals surface area contributed by atoms with Gasteiger partial charge in [-0.1, -0.05) is 36.8 Å². The molecular weight excluding hydrogens is 432 g/mol. The first-order valence-corrected chi connectivity index (χ1v) is 13.3. The van der Waals surface area contributed by atoms with Gasteiger partial charge in [-0.25, -0.2) is 22.5 Å². The Bertz CT molecular complexity index is 785. The number of nitrogens with zero attached hydrogens (tertiary/aromatic N) is 3. The molecule has 0 atom stereocenters. The van der Waals surface area contributed by atoms with Crippen molar-refractivity contribution >= 4 is 44.1 Å². The number of aromatic nitrogens is 1. The molecule has 7 nitrogen and oxygen atoms in total. The van der Waals surface area contributed by atoms with Crippen LogP contribution < -0.4 is 5.32 Å². The van der Waals surface area contributed by atoms with Gasteiger partial charge in [0.15, 0.2) is 5.13 Å². The van der Waals surface area contributed by atoms with Gasteiger partial charge in [-0.15, -0.1) is 0 Å². The molecule has 1 saturated carbocycles. The molecule has 2 fully saturated rings. The van der Waals surface area contributed by atoms with Gasteiger partial charge in [-0.3, -0.25) is 5.32 Å². The molecular formula is C19H31ClN4O3S2. The third kappa shape index (κ3) is 5.83. The number of piperidine rings is 1. The number of hydrogen-bond donors (Lipinski definition) is 1. The van der Waals surface area contributed by atoms with Gasteiger partial charge in [0.2, 0.25) is 10.0 Å². The number of carbonyl (C=O) groups is 1. The molecule has 3 rings (SSSR count). The lowest BCUT2D eigenvalue weighted by atomic mass is 9.85. The number of amides is 2. The van der Waals surface area contributed by atoms with E-state index in [0.717, 1.165) is 25.7 Å². The van der Waals surface area contributed by atoms with E-state index in [2.05, 4.69) is 17.2 Å². The van der Waals surface area contributed by atoms with Crippen molar-refractivity contribution in [1.29, 1.82) is 0 Å². The Labute approximate surface area is 182 Å². The highest BCUT2D eigenvalue weighted by molar-refractivity contribution is 7.89. The standard InChI is InChI=1S/C19H31ClN4O3S2/c1-3-12-29(26,27)23-10-8-16(9-11-23)24(15-6-4-14(2)5-7-15)19(25)22-18-21-13-17(20)28-18/h13-16H,3-12H2,1-2H3,(H,21,22,25)/t14-,15-. The van der Waals surface area contributed by atoms with Gasteiger partial charge in [0.25, 0.3) is 0 Å². The van der Waals surface area contributed by atoms with Crippen LogP contribution in [-0.4, -0.2) is 59.6 Å². The number of carbonyl (C=O) groups excluding carboxylic acids is 1. The topological polar surface area (TPSA) is 82.6 Å². The number of sulfonamides is 1. The molecule has 2 heterocycles. The molecule has 1 aromatic heterocycles. The molecule has 1 saturated heterocycles. The molecule has 0 aromatic carbocycles. The van der Waals surface area contributed by atoms with Gasteiger partial charge < -0.3 is 4.90 Å². The van der Waals surface area contributed by atoms with E-state index >= 15 is 0 Å². The third-order valence-corrected chi connectivity index (χ3v) is 9.08. The lowest BCUT2D eigenvalue weighted by Crippen LogP contribution is -2.54. The van der Waals surface area contributed by atoms with E-state index in [-0.39, 0.29) is 23.9 Å². The monoisotopic (exact) mass is 462 g/mol. The molecule has 164 valence electrons. The van der Waals surface area contributed by atoms with Crippen LogP contribution in [0.15, 0.2) is 6.20 Å². The van der Waals surface area contributed by atoms with Gasteiger partial charge in [0.05, 0.1) is 11.9 Å². The molecule has 0 bridgehead atoms. The summed E-state index contributed by atoms with van der Waals surface area (Å²) in [6.45, 7) is 5.09. The predicted octanol–water partition coefficient (Wildman–Crippen LogP) is 4.41. The highest BCUT2D eigenvalue weighted by atomic mass is 35.5. The van der Waals surface area contributed by atoms with Crippen molar-refractivity contribution in [1.82, 2.24) is 14.2 Å². The number of halogens is 1. The second-order valence-corrected chi connectivity index (χ2v) is 11.9. The fraction of sp³-hybridized carbons (Fsp3) is 0.789. The molecule has 2 amide bonds. The van der Waals surface area contributed by atoms with E-state index in [1.54, 1.807) is 4.31 Å². The number of anilines is 1. The van der Waals surface area contributed by atoms with E-state index in [1.807, 2.05) is 11.8 Å². The second-order valence-electron chi connectivity index (χ2n) is 8.17. The molecule has 29 heavy (non-hydrogen) atoms. The summed E-state index contributed by atoms with van der Waals surface area (Å²) < 4.78 is 26.9. The second kappa shape index (κ2) is 9.94. The van der Waals surface area contributed by atoms with Crippen molar-refractivity contribution in [3.63, 3.8) is 0 Å². The lowest BCUT2D eigenvalue weighted by molar-refractivity contribution is 0.0979. The first-order valence-electron chi connectivity index (χ1n) is 10.5. The highest BCUT2D eigenvalue weighted by Gasteiger charge is 2.37. The predicted molar refractivity (Wildman–Crippen MR) is 118 cm³/mol. The first kappa shape index (κ1) is 22.8. The van der Waals surface area contributed by atoms with Gasteiger partial charge >= 0.3 is 6.03 Å². The average Bonchev–Trinajstić information content (AvgIpc) is 3.08. The molecule has 1 aliphatic carbocycles. The summed E-state index contributed by atoms with van der Waals surface area (Å²) in [5, 5.41) is 3.41. The molecule has 0 radical (unpaired) electrons. The maximum atomic E-state index is 13.2. The van der Waals surface area contributed by atoms with Crippen molar-refractivity contribution in [2.45, 2.75) is 70.9 Å². The van der Waals surface area contributed by atoms with Crippen LogP contribution >= 0.6 is 22.9 Å². The Morgan fingerprint density at radius 1 is 1.24 bits per heavy atom. The summed E-state index contributed by atoms with van der Waals surface area (Å²) in [4.78, 5) is 19.3. The number of hydrogen-bond acceptors (Lipinski definition) is 5. The molecule has 2 aliphatic rings. The quantitative estimate of drug-likeness (QED) is 0.678. The molecule has 1 N–H and O–H groups in total. The maximum absolute atomic E-state index is 13.2. The van der Waals surface area contributed by atoms with E-state index in [0.29, 0.717) is 47.7 Å². The van der Waals surface area contributed by atoms with E-state index in [4.69, 9.17) is 11.6 Å². The van der Waals surface area contributed by atoms with Crippen molar-refractivity contribution in [3.8, 4) is 0 Å². The summed E-state index contributed by atoms with van der Waals surface area (Å²) in [5.41, 5.74) is 0. The zero-order chi connectivity index (χ0) is 21.0. The smallest absolute Gasteiger partial charge is 0.318 e. The largest absolute Gasteiger partial charge is 0.324 e. The summed E-state index contributed by atoms with van der Waals surface area (Å²) in [6.07, 6.45) is 7.69. The number of nitrogens with one attached hydrogen (secondary N) is 1. The van der Waals surface area contributed by atoms with Crippen LogP contribution in [-0.2, 0) is 10.0 Å². The fourth-order valence-corrected chi connectivity index (χ4v) is 6.75. The van der Waals surface area contributed by atoms with Crippen molar-refractivity contribution < 1.29 is 13.2 Å². The zero-order valence-corrected chi connectivity index (χ0v) is 19.5. The van der Waals surface area contributed by atoms with Crippen LogP contribution in [0.2, 0.25) is 4.34 Å². The Kier molecular flexibility index (Phi) is 7.81. The normalized spacial score (nSPS) is 24.4. The van der Waals surface area contributed by atoms with Crippen LogP contribution in [0.25, 0.3) is 0 Å². The summed E-state index contributed by atoms with van der Waals surface area (Å²) in [6, 6.07) is 0.0767. The number of urea groups is 1. The first-order chi connectivity index (χ1) is 13.8. The van der Waals surface area contributed by atoms with Crippen LogP contribution in [0.1, 0.15) is 58.8 Å².